The minimum Gasteiger partial charge on any atom is -0.489 e. The van der Waals surface area contributed by atoms with Gasteiger partial charge in [-0.05, 0) is 42.7 Å². The van der Waals surface area contributed by atoms with Crippen LogP contribution >= 0.6 is 0 Å². The van der Waals surface area contributed by atoms with Crippen molar-refractivity contribution in [2.24, 2.45) is 5.41 Å². The van der Waals surface area contributed by atoms with Crippen LogP contribution in [0, 0.1) is 5.41 Å². The first-order chi connectivity index (χ1) is 14.4. The highest BCUT2D eigenvalue weighted by Crippen LogP contribution is 2.31. The molecule has 0 bridgehead atoms. The minimum atomic E-state index is -1.81. The van der Waals surface area contributed by atoms with Crippen molar-refractivity contribution in [3.63, 3.8) is 0 Å². The van der Waals surface area contributed by atoms with Gasteiger partial charge in [-0.1, -0.05) is 50.1 Å². The maximum absolute atomic E-state index is 11.8. The van der Waals surface area contributed by atoms with Gasteiger partial charge in [-0.2, -0.15) is 0 Å². The number of ether oxygens (including phenoxy) is 1. The summed E-state index contributed by atoms with van der Waals surface area (Å²) in [6.45, 7) is 2.26. The molecule has 1 aromatic heterocycles. The number of rotatable bonds is 10. The van der Waals surface area contributed by atoms with Gasteiger partial charge in [-0.15, -0.1) is 0 Å². The molecule has 3 rings (SSSR count). The summed E-state index contributed by atoms with van der Waals surface area (Å²) < 4.78 is 5.81. The molecule has 0 radical (unpaired) electrons. The van der Waals surface area contributed by atoms with Crippen molar-refractivity contribution in [3.8, 4) is 5.75 Å². The fraction of sp³-hybridized carbons (Fsp3) is 0.292. The van der Waals surface area contributed by atoms with E-state index >= 15 is 0 Å². The third-order valence-electron chi connectivity index (χ3n) is 5.26. The maximum Gasteiger partial charge on any atom is 0.321 e. The van der Waals surface area contributed by atoms with Crippen LogP contribution in [0.25, 0.3) is 10.9 Å². The molecule has 30 heavy (non-hydrogen) atoms. The van der Waals surface area contributed by atoms with E-state index in [0.29, 0.717) is 24.3 Å². The summed E-state index contributed by atoms with van der Waals surface area (Å²) in [7, 11) is 0. The Hall–Kier alpha value is -3.41. The van der Waals surface area contributed by atoms with E-state index in [1.54, 1.807) is 30.5 Å². The summed E-state index contributed by atoms with van der Waals surface area (Å²) in [6.07, 6.45) is 3.09. The first kappa shape index (κ1) is 21.3. The van der Waals surface area contributed by atoms with Crippen LogP contribution < -0.4 is 4.74 Å². The monoisotopic (exact) mass is 407 g/mol. The van der Waals surface area contributed by atoms with Crippen molar-refractivity contribution in [1.82, 2.24) is 4.98 Å². The van der Waals surface area contributed by atoms with Crippen LogP contribution in [-0.4, -0.2) is 27.1 Å². The smallest absolute Gasteiger partial charge is 0.321 e. The van der Waals surface area contributed by atoms with Gasteiger partial charge in [-0.25, -0.2) is 0 Å². The number of hydrogen-bond acceptors (Lipinski definition) is 4. The average molecular weight is 407 g/mol. The third-order valence-corrected chi connectivity index (χ3v) is 5.26. The normalized spacial score (nSPS) is 11.4. The van der Waals surface area contributed by atoms with E-state index in [2.05, 4.69) is 4.98 Å². The van der Waals surface area contributed by atoms with Gasteiger partial charge in [0.1, 0.15) is 12.4 Å². The molecule has 1 heterocycles. The second-order valence-corrected chi connectivity index (χ2v) is 7.44. The number of nitrogens with zero attached hydrogens (tertiary/aromatic N) is 1. The van der Waals surface area contributed by atoms with Gasteiger partial charge in [0, 0.05) is 17.1 Å². The minimum absolute atomic E-state index is 0.0630. The standard InChI is InChI=1S/C24H25NO5/c1-2-3-12-24(22(26)27,23(28)29)14-17-8-10-20(11-9-17)30-16-18-13-19-6-4-5-7-21(19)25-15-18/h4-11,13,15H,2-3,12,14,16H2,1H3,(H,26,27)(H,28,29). The molecule has 0 unspecified atom stereocenters. The largest absolute Gasteiger partial charge is 0.489 e. The van der Waals surface area contributed by atoms with Gasteiger partial charge in [0.25, 0.3) is 0 Å². The topological polar surface area (TPSA) is 96.7 Å². The molecule has 0 atom stereocenters. The Kier molecular flexibility index (Phi) is 6.67. The van der Waals surface area contributed by atoms with Gasteiger partial charge in [-0.3, -0.25) is 14.6 Å². The van der Waals surface area contributed by atoms with E-state index in [4.69, 9.17) is 4.74 Å². The number of para-hydroxylation sites is 1. The van der Waals surface area contributed by atoms with E-state index in [-0.39, 0.29) is 12.8 Å². The van der Waals surface area contributed by atoms with E-state index in [0.717, 1.165) is 22.9 Å². The van der Waals surface area contributed by atoms with Crippen molar-refractivity contribution < 1.29 is 24.5 Å². The van der Waals surface area contributed by atoms with Crippen LogP contribution in [0.1, 0.15) is 37.3 Å². The Balaban J connectivity index is 1.68. The highest BCUT2D eigenvalue weighted by molar-refractivity contribution is 5.98. The van der Waals surface area contributed by atoms with Gasteiger partial charge >= 0.3 is 11.9 Å². The molecule has 0 saturated heterocycles. The predicted octanol–water partition coefficient (Wildman–Crippen LogP) is 4.70. The molecule has 0 aliphatic heterocycles. The lowest BCUT2D eigenvalue weighted by molar-refractivity contribution is -0.165. The maximum atomic E-state index is 11.8. The summed E-state index contributed by atoms with van der Waals surface area (Å²) in [5.74, 6) is -1.98. The van der Waals surface area contributed by atoms with Gasteiger partial charge in [0.2, 0.25) is 0 Å². The third kappa shape index (κ3) is 4.76. The van der Waals surface area contributed by atoms with E-state index < -0.39 is 17.4 Å². The molecule has 0 fully saturated rings. The highest BCUT2D eigenvalue weighted by atomic mass is 16.5. The zero-order valence-electron chi connectivity index (χ0n) is 16.9. The summed E-state index contributed by atoms with van der Waals surface area (Å²) in [5.41, 5.74) is 0.701. The predicted molar refractivity (Wildman–Crippen MR) is 113 cm³/mol. The number of hydrogen-bond donors (Lipinski definition) is 2. The van der Waals surface area contributed by atoms with Crippen LogP contribution in [0.2, 0.25) is 0 Å². The van der Waals surface area contributed by atoms with E-state index in [1.165, 1.54) is 0 Å². The van der Waals surface area contributed by atoms with E-state index in [9.17, 15) is 19.8 Å². The summed E-state index contributed by atoms with van der Waals surface area (Å²) in [4.78, 5) is 28.0. The lowest BCUT2D eigenvalue weighted by Gasteiger charge is -2.25. The van der Waals surface area contributed by atoms with Gasteiger partial charge in [0.05, 0.1) is 5.52 Å². The number of fused-ring (bicyclic) bond motifs is 1. The van der Waals surface area contributed by atoms with Crippen LogP contribution in [0.15, 0.2) is 60.8 Å². The Morgan fingerprint density at radius 1 is 1.00 bits per heavy atom. The molecule has 6 heteroatoms. The Morgan fingerprint density at radius 3 is 2.37 bits per heavy atom. The highest BCUT2D eigenvalue weighted by Gasteiger charge is 2.45. The fourth-order valence-electron chi connectivity index (χ4n) is 3.44. The second kappa shape index (κ2) is 9.39. The number of aromatic nitrogens is 1. The average Bonchev–Trinajstić information content (AvgIpc) is 2.75. The van der Waals surface area contributed by atoms with Crippen LogP contribution in [0.5, 0.6) is 5.75 Å². The molecule has 0 amide bonds. The first-order valence-electron chi connectivity index (χ1n) is 9.97. The summed E-state index contributed by atoms with van der Waals surface area (Å²) in [5, 5.41) is 20.3. The molecule has 0 aliphatic rings. The van der Waals surface area contributed by atoms with Gasteiger partial charge < -0.3 is 14.9 Å². The molecule has 2 N–H and O–H groups in total. The Morgan fingerprint density at radius 2 is 1.70 bits per heavy atom. The summed E-state index contributed by atoms with van der Waals surface area (Å²) >= 11 is 0. The molecular weight excluding hydrogens is 382 g/mol. The van der Waals surface area contributed by atoms with Crippen molar-refractivity contribution in [3.05, 3.63) is 71.9 Å². The van der Waals surface area contributed by atoms with Crippen LogP contribution in [-0.2, 0) is 22.6 Å². The lowest BCUT2D eigenvalue weighted by atomic mass is 9.77. The lowest BCUT2D eigenvalue weighted by Crippen LogP contribution is -2.41. The first-order valence-corrected chi connectivity index (χ1v) is 9.97. The number of pyridine rings is 1. The molecule has 2 aromatic carbocycles. The number of aliphatic carboxylic acids is 2. The van der Waals surface area contributed by atoms with Crippen molar-refractivity contribution in [2.75, 3.05) is 0 Å². The SMILES string of the molecule is CCCCC(Cc1ccc(OCc2cnc3ccccc3c2)cc1)(C(=O)O)C(=O)O. The number of unbranched alkanes of at least 4 members (excludes halogenated alkanes) is 1. The zero-order chi connectivity index (χ0) is 21.6. The molecule has 3 aromatic rings. The Bertz CT molecular complexity index is 1020. The molecule has 0 saturated carbocycles. The number of carbonyl (C=O) groups is 2. The number of benzene rings is 2. The van der Waals surface area contributed by atoms with Crippen LogP contribution in [0.3, 0.4) is 0 Å². The molecule has 0 spiro atoms. The molecule has 6 nitrogen and oxygen atoms in total. The van der Waals surface area contributed by atoms with Crippen molar-refractivity contribution in [1.29, 1.82) is 0 Å². The second-order valence-electron chi connectivity index (χ2n) is 7.44. The Labute approximate surface area is 175 Å². The van der Waals surface area contributed by atoms with E-state index in [1.807, 2.05) is 37.3 Å². The fourth-order valence-corrected chi connectivity index (χ4v) is 3.44. The summed E-state index contributed by atoms with van der Waals surface area (Å²) in [6, 6.07) is 16.8. The van der Waals surface area contributed by atoms with Crippen molar-refractivity contribution >= 4 is 22.8 Å². The molecular formula is C24H25NO5. The van der Waals surface area contributed by atoms with Crippen molar-refractivity contribution in [2.45, 2.75) is 39.2 Å². The quantitative estimate of drug-likeness (QED) is 0.473. The zero-order valence-corrected chi connectivity index (χ0v) is 16.9. The number of carboxylic acids is 2. The van der Waals surface area contributed by atoms with Crippen LogP contribution in [0.4, 0.5) is 0 Å². The molecule has 0 aliphatic carbocycles. The molecule has 156 valence electrons. The van der Waals surface area contributed by atoms with Gasteiger partial charge in [0.15, 0.2) is 5.41 Å². The number of carboxylic acid groups (broad SMARTS) is 2.